The molecule has 0 saturated carbocycles. The molecule has 5 heteroatoms. The largest absolute Gasteiger partial charge is 0.497 e. The summed E-state index contributed by atoms with van der Waals surface area (Å²) in [5.74, 6) is 1.51. The maximum absolute atomic E-state index is 12.7. The second-order valence-electron chi connectivity index (χ2n) is 6.86. The summed E-state index contributed by atoms with van der Waals surface area (Å²) in [7, 11) is 3.29. The van der Waals surface area contributed by atoms with E-state index >= 15 is 0 Å². The van der Waals surface area contributed by atoms with E-state index in [0.717, 1.165) is 25.1 Å². The SMILES string of the molecule is COc1ccc([C@H]2CCCCCN2CC(=O)Nc2ccccc2OC)cc1. The van der Waals surface area contributed by atoms with E-state index in [4.69, 9.17) is 9.47 Å². The molecule has 0 unspecified atom stereocenters. The van der Waals surface area contributed by atoms with Gasteiger partial charge < -0.3 is 14.8 Å². The molecule has 0 aromatic heterocycles. The molecule has 0 bridgehead atoms. The standard InChI is InChI=1S/C22H28N2O3/c1-26-18-13-11-17(12-14-18)20-9-4-3-7-15-24(20)16-22(25)23-19-8-5-6-10-21(19)27-2/h5-6,8,10-14,20H,3-4,7,9,15-16H2,1-2H3,(H,23,25)/t20-/m1/s1. The lowest BCUT2D eigenvalue weighted by atomic mass is 10.0. The van der Waals surface area contributed by atoms with Crippen molar-refractivity contribution in [3.8, 4) is 11.5 Å². The van der Waals surface area contributed by atoms with E-state index in [1.807, 2.05) is 36.4 Å². The smallest absolute Gasteiger partial charge is 0.238 e. The molecule has 1 saturated heterocycles. The number of carbonyl (C=O) groups excluding carboxylic acids is 1. The quantitative estimate of drug-likeness (QED) is 0.828. The van der Waals surface area contributed by atoms with E-state index in [9.17, 15) is 4.79 Å². The molecule has 0 aliphatic carbocycles. The molecular weight excluding hydrogens is 340 g/mol. The Bertz CT molecular complexity index is 745. The third kappa shape index (κ3) is 5.01. The number of benzene rings is 2. The number of likely N-dealkylation sites (tertiary alicyclic amines) is 1. The third-order valence-electron chi connectivity index (χ3n) is 5.09. The second kappa shape index (κ2) is 9.42. The molecule has 27 heavy (non-hydrogen) atoms. The highest BCUT2D eigenvalue weighted by Crippen LogP contribution is 2.31. The Kier molecular flexibility index (Phi) is 6.71. The highest BCUT2D eigenvalue weighted by atomic mass is 16.5. The Morgan fingerprint density at radius 2 is 1.81 bits per heavy atom. The topological polar surface area (TPSA) is 50.8 Å². The van der Waals surface area contributed by atoms with Crippen molar-refractivity contribution < 1.29 is 14.3 Å². The third-order valence-corrected chi connectivity index (χ3v) is 5.09. The van der Waals surface area contributed by atoms with Crippen LogP contribution in [0, 0.1) is 0 Å². The minimum absolute atomic E-state index is 0.0140. The van der Waals surface area contributed by atoms with Crippen molar-refractivity contribution in [3.05, 3.63) is 54.1 Å². The lowest BCUT2D eigenvalue weighted by Crippen LogP contribution is -2.36. The fourth-order valence-corrected chi connectivity index (χ4v) is 3.68. The van der Waals surface area contributed by atoms with Crippen molar-refractivity contribution in [2.75, 3.05) is 32.6 Å². The van der Waals surface area contributed by atoms with Crippen LogP contribution in [0.4, 0.5) is 5.69 Å². The Morgan fingerprint density at radius 3 is 2.56 bits per heavy atom. The number of methoxy groups -OCH3 is 2. The Balaban J connectivity index is 1.72. The number of anilines is 1. The van der Waals surface area contributed by atoms with Crippen LogP contribution in [0.15, 0.2) is 48.5 Å². The van der Waals surface area contributed by atoms with Gasteiger partial charge in [0.05, 0.1) is 26.5 Å². The number of carbonyl (C=O) groups is 1. The predicted molar refractivity (Wildman–Crippen MR) is 107 cm³/mol. The van der Waals surface area contributed by atoms with Crippen molar-refractivity contribution in [1.29, 1.82) is 0 Å². The van der Waals surface area contributed by atoms with Gasteiger partial charge in [-0.05, 0) is 49.2 Å². The number of ether oxygens (including phenoxy) is 2. The summed E-state index contributed by atoms with van der Waals surface area (Å²) in [4.78, 5) is 15.0. The molecule has 1 N–H and O–H groups in total. The molecule has 1 heterocycles. The number of amides is 1. The molecule has 2 aromatic carbocycles. The predicted octanol–water partition coefficient (Wildman–Crippen LogP) is 4.26. The summed E-state index contributed by atoms with van der Waals surface area (Å²) in [5.41, 5.74) is 1.95. The van der Waals surface area contributed by atoms with Crippen LogP contribution in [-0.2, 0) is 4.79 Å². The van der Waals surface area contributed by atoms with Crippen molar-refractivity contribution >= 4 is 11.6 Å². The molecule has 0 radical (unpaired) electrons. The minimum atomic E-state index is -0.0140. The summed E-state index contributed by atoms with van der Waals surface area (Å²) < 4.78 is 10.6. The minimum Gasteiger partial charge on any atom is -0.497 e. The van der Waals surface area contributed by atoms with Crippen LogP contribution in [0.5, 0.6) is 11.5 Å². The van der Waals surface area contributed by atoms with Gasteiger partial charge in [-0.2, -0.15) is 0 Å². The van der Waals surface area contributed by atoms with Gasteiger partial charge in [-0.1, -0.05) is 37.1 Å². The van der Waals surface area contributed by atoms with Gasteiger partial charge in [0.1, 0.15) is 11.5 Å². The first kappa shape index (κ1) is 19.2. The second-order valence-corrected chi connectivity index (χ2v) is 6.86. The number of hydrogen-bond donors (Lipinski definition) is 1. The first-order valence-electron chi connectivity index (χ1n) is 9.52. The summed E-state index contributed by atoms with van der Waals surface area (Å²) >= 11 is 0. The van der Waals surface area contributed by atoms with Crippen LogP contribution in [0.3, 0.4) is 0 Å². The summed E-state index contributed by atoms with van der Waals surface area (Å²) in [6, 6.07) is 16.0. The van der Waals surface area contributed by atoms with Crippen LogP contribution in [-0.4, -0.2) is 38.1 Å². The van der Waals surface area contributed by atoms with Crippen LogP contribution < -0.4 is 14.8 Å². The lowest BCUT2D eigenvalue weighted by molar-refractivity contribution is -0.117. The van der Waals surface area contributed by atoms with E-state index in [1.165, 1.54) is 18.4 Å². The van der Waals surface area contributed by atoms with Crippen LogP contribution in [0.1, 0.15) is 37.3 Å². The molecule has 5 nitrogen and oxygen atoms in total. The molecule has 1 atom stereocenters. The average Bonchev–Trinajstić information content (AvgIpc) is 2.94. The van der Waals surface area contributed by atoms with Crippen molar-refractivity contribution in [2.24, 2.45) is 0 Å². The number of rotatable bonds is 6. The molecule has 2 aromatic rings. The highest BCUT2D eigenvalue weighted by molar-refractivity contribution is 5.93. The Hall–Kier alpha value is -2.53. The fourth-order valence-electron chi connectivity index (χ4n) is 3.68. The zero-order chi connectivity index (χ0) is 19.1. The zero-order valence-electron chi connectivity index (χ0n) is 16.1. The first-order chi connectivity index (χ1) is 13.2. The van der Waals surface area contributed by atoms with E-state index in [1.54, 1.807) is 14.2 Å². The van der Waals surface area contributed by atoms with Gasteiger partial charge in [-0.3, -0.25) is 9.69 Å². The molecule has 0 spiro atoms. The molecule has 1 aliphatic heterocycles. The Labute approximate surface area is 161 Å². The summed E-state index contributed by atoms with van der Waals surface area (Å²) in [5, 5.41) is 2.99. The van der Waals surface area contributed by atoms with Crippen molar-refractivity contribution in [1.82, 2.24) is 4.90 Å². The van der Waals surface area contributed by atoms with Gasteiger partial charge in [-0.15, -0.1) is 0 Å². The van der Waals surface area contributed by atoms with E-state index in [0.29, 0.717) is 18.0 Å². The number of nitrogens with zero attached hydrogens (tertiary/aromatic N) is 1. The maximum atomic E-state index is 12.7. The van der Waals surface area contributed by atoms with E-state index < -0.39 is 0 Å². The van der Waals surface area contributed by atoms with Gasteiger partial charge in [0, 0.05) is 6.04 Å². The maximum Gasteiger partial charge on any atom is 0.238 e. The molecular formula is C22H28N2O3. The first-order valence-corrected chi connectivity index (χ1v) is 9.52. The average molecular weight is 368 g/mol. The van der Waals surface area contributed by atoms with E-state index in [2.05, 4.69) is 22.3 Å². The highest BCUT2D eigenvalue weighted by Gasteiger charge is 2.24. The van der Waals surface area contributed by atoms with Crippen molar-refractivity contribution in [2.45, 2.75) is 31.7 Å². The zero-order valence-corrected chi connectivity index (χ0v) is 16.1. The molecule has 1 fully saturated rings. The van der Waals surface area contributed by atoms with Gasteiger partial charge in [0.15, 0.2) is 0 Å². The summed E-state index contributed by atoms with van der Waals surface area (Å²) in [6.45, 7) is 1.30. The lowest BCUT2D eigenvalue weighted by Gasteiger charge is -2.30. The molecule has 3 rings (SSSR count). The summed E-state index contributed by atoms with van der Waals surface area (Å²) in [6.07, 6.45) is 4.57. The van der Waals surface area contributed by atoms with Gasteiger partial charge in [0.25, 0.3) is 0 Å². The van der Waals surface area contributed by atoms with Crippen molar-refractivity contribution in [3.63, 3.8) is 0 Å². The van der Waals surface area contributed by atoms with E-state index in [-0.39, 0.29) is 11.9 Å². The molecule has 1 amide bonds. The Morgan fingerprint density at radius 1 is 1.04 bits per heavy atom. The number of nitrogens with one attached hydrogen (secondary N) is 1. The molecule has 144 valence electrons. The number of hydrogen-bond acceptors (Lipinski definition) is 4. The number of para-hydroxylation sites is 2. The monoisotopic (exact) mass is 368 g/mol. The van der Waals surface area contributed by atoms with Gasteiger partial charge in [0.2, 0.25) is 5.91 Å². The van der Waals surface area contributed by atoms with Crippen LogP contribution in [0.25, 0.3) is 0 Å². The van der Waals surface area contributed by atoms with Crippen LogP contribution in [0.2, 0.25) is 0 Å². The normalized spacial score (nSPS) is 17.8. The van der Waals surface area contributed by atoms with Gasteiger partial charge in [-0.25, -0.2) is 0 Å². The molecule has 1 aliphatic rings. The fraction of sp³-hybridized carbons (Fsp3) is 0.409. The van der Waals surface area contributed by atoms with Gasteiger partial charge >= 0.3 is 0 Å². The van der Waals surface area contributed by atoms with Crippen LogP contribution >= 0.6 is 0 Å².